The molecular weight excluding hydrogens is 156 g/mol. The van der Waals surface area contributed by atoms with E-state index in [1.165, 1.54) is 6.20 Å². The van der Waals surface area contributed by atoms with E-state index in [-0.39, 0.29) is 5.69 Å². The lowest BCUT2D eigenvalue weighted by molar-refractivity contribution is 0.190. The van der Waals surface area contributed by atoms with E-state index in [4.69, 9.17) is 4.74 Å². The zero-order valence-electron chi connectivity index (χ0n) is 7.06. The van der Waals surface area contributed by atoms with Crippen LogP contribution in [-0.2, 0) is 11.3 Å². The van der Waals surface area contributed by atoms with Crippen LogP contribution in [0.1, 0.15) is 6.42 Å². The Labute approximate surface area is 70.8 Å². The minimum absolute atomic E-state index is 0.200. The van der Waals surface area contributed by atoms with E-state index in [1.807, 2.05) is 0 Å². The molecule has 0 aliphatic heterocycles. The molecule has 0 aromatic carbocycles. The summed E-state index contributed by atoms with van der Waals surface area (Å²) >= 11 is 0. The van der Waals surface area contributed by atoms with Crippen molar-refractivity contribution in [2.75, 3.05) is 13.7 Å². The predicted octanol–water partition coefficient (Wildman–Crippen LogP) is 0.280. The maximum absolute atomic E-state index is 11.0. The maximum Gasteiger partial charge on any atom is 0.347 e. The molecule has 4 nitrogen and oxygen atoms in total. The lowest BCUT2D eigenvalue weighted by atomic mass is 10.4. The number of ether oxygens (including phenoxy) is 1. The first-order valence-electron chi connectivity index (χ1n) is 3.85. The van der Waals surface area contributed by atoms with Gasteiger partial charge >= 0.3 is 5.69 Å². The Kier molecular flexibility index (Phi) is 3.47. The molecule has 0 spiro atoms. The molecular formula is C8H12N2O2. The van der Waals surface area contributed by atoms with Crippen LogP contribution in [-0.4, -0.2) is 23.3 Å². The summed E-state index contributed by atoms with van der Waals surface area (Å²) in [5.74, 6) is 0. The molecule has 0 atom stereocenters. The van der Waals surface area contributed by atoms with Gasteiger partial charge in [-0.2, -0.15) is 0 Å². The van der Waals surface area contributed by atoms with Crippen molar-refractivity contribution < 1.29 is 4.74 Å². The summed E-state index contributed by atoms with van der Waals surface area (Å²) in [7, 11) is 1.64. The lowest BCUT2D eigenvalue weighted by Crippen LogP contribution is -2.21. The minimum Gasteiger partial charge on any atom is -0.385 e. The first kappa shape index (κ1) is 8.93. The molecule has 0 bridgehead atoms. The molecule has 12 heavy (non-hydrogen) atoms. The van der Waals surface area contributed by atoms with Gasteiger partial charge in [-0.3, -0.25) is 4.57 Å². The van der Waals surface area contributed by atoms with E-state index in [9.17, 15) is 4.79 Å². The third kappa shape index (κ3) is 2.47. The fourth-order valence-corrected chi connectivity index (χ4v) is 0.937. The highest BCUT2D eigenvalue weighted by molar-refractivity contribution is 4.80. The van der Waals surface area contributed by atoms with Crippen molar-refractivity contribution in [2.24, 2.45) is 0 Å². The molecule has 0 saturated carbocycles. The highest BCUT2D eigenvalue weighted by Gasteiger charge is 1.93. The second kappa shape index (κ2) is 4.66. The summed E-state index contributed by atoms with van der Waals surface area (Å²) in [6, 6.07) is 1.74. The Hall–Kier alpha value is -1.16. The molecule has 1 aromatic heterocycles. The summed E-state index contributed by atoms with van der Waals surface area (Å²) < 4.78 is 6.44. The van der Waals surface area contributed by atoms with E-state index in [1.54, 1.807) is 23.9 Å². The van der Waals surface area contributed by atoms with E-state index < -0.39 is 0 Å². The van der Waals surface area contributed by atoms with Gasteiger partial charge in [0.05, 0.1) is 0 Å². The molecule has 0 fully saturated rings. The molecule has 1 aromatic rings. The van der Waals surface area contributed by atoms with Crippen molar-refractivity contribution in [2.45, 2.75) is 13.0 Å². The molecule has 66 valence electrons. The van der Waals surface area contributed by atoms with Crippen molar-refractivity contribution in [3.63, 3.8) is 0 Å². The SMILES string of the molecule is COCCCn1cccnc1=O. The second-order valence-corrected chi connectivity index (χ2v) is 2.44. The molecule has 1 heterocycles. The summed E-state index contributed by atoms with van der Waals surface area (Å²) in [6.45, 7) is 1.34. The average molecular weight is 168 g/mol. The molecule has 0 aliphatic rings. The Morgan fingerprint density at radius 2 is 2.50 bits per heavy atom. The maximum atomic E-state index is 11.0. The molecule has 0 radical (unpaired) electrons. The number of hydrogen-bond donors (Lipinski definition) is 0. The normalized spacial score (nSPS) is 10.1. The fourth-order valence-electron chi connectivity index (χ4n) is 0.937. The van der Waals surface area contributed by atoms with E-state index in [2.05, 4.69) is 4.98 Å². The first-order valence-corrected chi connectivity index (χ1v) is 3.85. The number of aryl methyl sites for hydroxylation is 1. The van der Waals surface area contributed by atoms with Gasteiger partial charge in [-0.05, 0) is 12.5 Å². The van der Waals surface area contributed by atoms with E-state index >= 15 is 0 Å². The molecule has 0 unspecified atom stereocenters. The van der Waals surface area contributed by atoms with Crippen LogP contribution < -0.4 is 5.69 Å². The fraction of sp³-hybridized carbons (Fsp3) is 0.500. The second-order valence-electron chi connectivity index (χ2n) is 2.44. The third-order valence-corrected chi connectivity index (χ3v) is 1.53. The standard InChI is InChI=1S/C8H12N2O2/c1-12-7-3-6-10-5-2-4-9-8(10)11/h2,4-5H,3,6-7H2,1H3. The zero-order valence-corrected chi connectivity index (χ0v) is 7.06. The molecule has 0 amide bonds. The third-order valence-electron chi connectivity index (χ3n) is 1.53. The molecule has 0 saturated heterocycles. The van der Waals surface area contributed by atoms with Crippen molar-refractivity contribution in [1.82, 2.24) is 9.55 Å². The van der Waals surface area contributed by atoms with Gasteiger partial charge in [-0.25, -0.2) is 9.78 Å². The minimum atomic E-state index is -0.200. The largest absolute Gasteiger partial charge is 0.385 e. The van der Waals surface area contributed by atoms with E-state index in [0.717, 1.165) is 6.42 Å². The number of nitrogens with zero attached hydrogens (tertiary/aromatic N) is 2. The molecule has 0 aliphatic carbocycles. The van der Waals surface area contributed by atoms with Crippen molar-refractivity contribution in [3.8, 4) is 0 Å². The van der Waals surface area contributed by atoms with Crippen LogP contribution in [0.5, 0.6) is 0 Å². The Morgan fingerprint density at radius 3 is 3.17 bits per heavy atom. The van der Waals surface area contributed by atoms with Gasteiger partial charge in [0.15, 0.2) is 0 Å². The zero-order chi connectivity index (χ0) is 8.81. The summed E-state index contributed by atoms with van der Waals surface area (Å²) in [5.41, 5.74) is -0.200. The predicted molar refractivity (Wildman–Crippen MR) is 45.0 cm³/mol. The van der Waals surface area contributed by atoms with Gasteiger partial charge in [-0.15, -0.1) is 0 Å². The van der Waals surface area contributed by atoms with E-state index in [0.29, 0.717) is 13.2 Å². The Bertz CT molecular complexity index is 282. The smallest absolute Gasteiger partial charge is 0.347 e. The number of aromatic nitrogens is 2. The molecule has 1 rings (SSSR count). The highest BCUT2D eigenvalue weighted by atomic mass is 16.5. The van der Waals surface area contributed by atoms with Gasteiger partial charge in [0.2, 0.25) is 0 Å². The van der Waals surface area contributed by atoms with Crippen LogP contribution in [0.4, 0.5) is 0 Å². The lowest BCUT2D eigenvalue weighted by Gasteiger charge is -2.02. The summed E-state index contributed by atoms with van der Waals surface area (Å²) in [4.78, 5) is 14.6. The molecule has 4 heteroatoms. The number of hydrogen-bond acceptors (Lipinski definition) is 3. The molecule has 0 N–H and O–H groups in total. The Morgan fingerprint density at radius 1 is 1.67 bits per heavy atom. The Balaban J connectivity index is 2.52. The van der Waals surface area contributed by atoms with Crippen LogP contribution in [0.3, 0.4) is 0 Å². The van der Waals surface area contributed by atoms with Crippen LogP contribution in [0.15, 0.2) is 23.3 Å². The van der Waals surface area contributed by atoms with Crippen molar-refractivity contribution in [1.29, 1.82) is 0 Å². The van der Waals surface area contributed by atoms with Gasteiger partial charge in [-0.1, -0.05) is 0 Å². The summed E-state index contributed by atoms with van der Waals surface area (Å²) in [5, 5.41) is 0. The van der Waals surface area contributed by atoms with Crippen LogP contribution in [0.2, 0.25) is 0 Å². The van der Waals surface area contributed by atoms with Gasteiger partial charge < -0.3 is 4.74 Å². The van der Waals surface area contributed by atoms with Crippen molar-refractivity contribution >= 4 is 0 Å². The van der Waals surface area contributed by atoms with Crippen LogP contribution in [0.25, 0.3) is 0 Å². The van der Waals surface area contributed by atoms with Gasteiger partial charge in [0.1, 0.15) is 0 Å². The van der Waals surface area contributed by atoms with Crippen LogP contribution >= 0.6 is 0 Å². The highest BCUT2D eigenvalue weighted by Crippen LogP contribution is 1.85. The monoisotopic (exact) mass is 168 g/mol. The number of methoxy groups -OCH3 is 1. The average Bonchev–Trinajstić information content (AvgIpc) is 2.09. The van der Waals surface area contributed by atoms with Crippen LogP contribution in [0, 0.1) is 0 Å². The van der Waals surface area contributed by atoms with Gasteiger partial charge in [0, 0.05) is 32.7 Å². The first-order chi connectivity index (χ1) is 5.84. The van der Waals surface area contributed by atoms with Gasteiger partial charge in [0.25, 0.3) is 0 Å². The topological polar surface area (TPSA) is 44.1 Å². The van der Waals surface area contributed by atoms with Crippen molar-refractivity contribution in [3.05, 3.63) is 28.9 Å². The quantitative estimate of drug-likeness (QED) is 0.606. The summed E-state index contributed by atoms with van der Waals surface area (Å²) in [6.07, 6.45) is 4.06. The number of rotatable bonds is 4.